The quantitative estimate of drug-likeness (QED) is 0.850. The van der Waals surface area contributed by atoms with Crippen LogP contribution in [0.2, 0.25) is 0 Å². The van der Waals surface area contributed by atoms with E-state index in [0.717, 1.165) is 29.8 Å². The third kappa shape index (κ3) is 2.14. The molecule has 0 aromatic carbocycles. The molecule has 2 nitrogen and oxygen atoms in total. The SMILES string of the molecule is CCCC1CN(C23CC4CC(CC(C4)C2)C3)C(C)CN1. The first-order valence-corrected chi connectivity index (χ1v) is 9.18. The lowest BCUT2D eigenvalue weighted by atomic mass is 9.52. The molecule has 0 aromatic heterocycles. The van der Waals surface area contributed by atoms with Crippen LogP contribution in [0, 0.1) is 17.8 Å². The van der Waals surface area contributed by atoms with E-state index in [2.05, 4.69) is 24.1 Å². The molecule has 1 saturated heterocycles. The van der Waals surface area contributed by atoms with E-state index in [1.807, 2.05) is 0 Å². The maximum absolute atomic E-state index is 3.79. The van der Waals surface area contributed by atoms with E-state index < -0.39 is 0 Å². The molecular weight excluding hydrogens is 244 g/mol. The van der Waals surface area contributed by atoms with E-state index in [1.54, 1.807) is 19.3 Å². The first kappa shape index (κ1) is 13.6. The van der Waals surface area contributed by atoms with Crippen LogP contribution >= 0.6 is 0 Å². The lowest BCUT2D eigenvalue weighted by molar-refractivity contribution is -0.112. The summed E-state index contributed by atoms with van der Waals surface area (Å²) in [7, 11) is 0. The van der Waals surface area contributed by atoms with Crippen LogP contribution in [0.5, 0.6) is 0 Å². The molecule has 114 valence electrons. The minimum absolute atomic E-state index is 0.613. The first-order chi connectivity index (χ1) is 9.68. The van der Waals surface area contributed by atoms with Crippen molar-refractivity contribution in [2.45, 2.75) is 82.8 Å². The van der Waals surface area contributed by atoms with Crippen molar-refractivity contribution in [2.24, 2.45) is 17.8 Å². The van der Waals surface area contributed by atoms with Gasteiger partial charge in [-0.3, -0.25) is 4.90 Å². The maximum Gasteiger partial charge on any atom is 0.0221 e. The van der Waals surface area contributed by atoms with Gasteiger partial charge in [-0.05, 0) is 69.6 Å². The van der Waals surface area contributed by atoms with Crippen LogP contribution in [0.3, 0.4) is 0 Å². The summed E-state index contributed by atoms with van der Waals surface area (Å²) in [5.74, 6) is 3.23. The number of rotatable bonds is 3. The molecule has 4 saturated carbocycles. The predicted octanol–water partition coefficient (Wildman–Crippen LogP) is 3.42. The topological polar surface area (TPSA) is 15.3 Å². The molecule has 5 aliphatic rings. The summed E-state index contributed by atoms with van der Waals surface area (Å²) >= 11 is 0. The maximum atomic E-state index is 3.79. The molecule has 0 spiro atoms. The zero-order valence-electron chi connectivity index (χ0n) is 13.4. The fourth-order valence-electron chi connectivity index (χ4n) is 6.55. The van der Waals surface area contributed by atoms with Gasteiger partial charge in [-0.1, -0.05) is 13.3 Å². The molecular formula is C18H32N2. The Bertz CT molecular complexity index is 329. The number of hydrogen-bond donors (Lipinski definition) is 1. The Morgan fingerprint density at radius 2 is 1.65 bits per heavy atom. The van der Waals surface area contributed by atoms with Crippen molar-refractivity contribution >= 4 is 0 Å². The van der Waals surface area contributed by atoms with E-state index >= 15 is 0 Å². The van der Waals surface area contributed by atoms with Crippen molar-refractivity contribution in [2.75, 3.05) is 13.1 Å². The van der Waals surface area contributed by atoms with Crippen molar-refractivity contribution in [3.05, 3.63) is 0 Å². The summed E-state index contributed by atoms with van der Waals surface area (Å²) in [6.07, 6.45) is 12.0. The second-order valence-electron chi connectivity index (χ2n) is 8.54. The summed E-state index contributed by atoms with van der Waals surface area (Å²) in [4.78, 5) is 2.98. The van der Waals surface area contributed by atoms with E-state index in [-0.39, 0.29) is 0 Å². The van der Waals surface area contributed by atoms with Gasteiger partial charge in [0.15, 0.2) is 0 Å². The average Bonchev–Trinajstić information content (AvgIpc) is 2.39. The molecule has 20 heavy (non-hydrogen) atoms. The van der Waals surface area contributed by atoms with Gasteiger partial charge in [0.1, 0.15) is 0 Å². The lowest BCUT2D eigenvalue weighted by Crippen LogP contribution is -2.68. The first-order valence-electron chi connectivity index (χ1n) is 9.18. The Hall–Kier alpha value is -0.0800. The Morgan fingerprint density at radius 1 is 1.05 bits per heavy atom. The predicted molar refractivity (Wildman–Crippen MR) is 83.8 cm³/mol. The highest BCUT2D eigenvalue weighted by Gasteiger charge is 2.54. The number of nitrogens with one attached hydrogen (secondary N) is 1. The molecule has 5 rings (SSSR count). The highest BCUT2D eigenvalue weighted by molar-refractivity contribution is 5.09. The van der Waals surface area contributed by atoms with Crippen LogP contribution in [0.15, 0.2) is 0 Å². The van der Waals surface area contributed by atoms with Crippen molar-refractivity contribution in [1.29, 1.82) is 0 Å². The number of piperazine rings is 1. The highest BCUT2D eigenvalue weighted by Crippen LogP contribution is 2.58. The Balaban J connectivity index is 1.55. The second kappa shape index (κ2) is 4.98. The van der Waals surface area contributed by atoms with Gasteiger partial charge < -0.3 is 5.32 Å². The largest absolute Gasteiger partial charge is 0.311 e. The zero-order valence-corrected chi connectivity index (χ0v) is 13.4. The Morgan fingerprint density at radius 3 is 2.20 bits per heavy atom. The van der Waals surface area contributed by atoms with E-state index in [0.29, 0.717) is 5.54 Å². The van der Waals surface area contributed by atoms with Gasteiger partial charge >= 0.3 is 0 Å². The molecule has 1 heterocycles. The smallest absolute Gasteiger partial charge is 0.0221 e. The molecule has 2 atom stereocenters. The average molecular weight is 276 g/mol. The lowest BCUT2D eigenvalue weighted by Gasteiger charge is -2.63. The van der Waals surface area contributed by atoms with Gasteiger partial charge in [0.25, 0.3) is 0 Å². The molecule has 0 amide bonds. The van der Waals surface area contributed by atoms with Crippen molar-refractivity contribution in [1.82, 2.24) is 10.2 Å². The van der Waals surface area contributed by atoms with Gasteiger partial charge in [-0.25, -0.2) is 0 Å². The molecule has 2 heteroatoms. The normalized spacial score (nSPS) is 51.6. The summed E-state index contributed by atoms with van der Waals surface area (Å²) in [6, 6.07) is 1.50. The molecule has 0 aromatic rings. The molecule has 2 unspecified atom stereocenters. The molecule has 1 aliphatic heterocycles. The van der Waals surface area contributed by atoms with Crippen LogP contribution < -0.4 is 5.32 Å². The third-order valence-electron chi connectivity index (χ3n) is 6.90. The van der Waals surface area contributed by atoms with Gasteiger partial charge in [0.2, 0.25) is 0 Å². The van der Waals surface area contributed by atoms with Gasteiger partial charge in [0.05, 0.1) is 0 Å². The van der Waals surface area contributed by atoms with Crippen LogP contribution in [-0.4, -0.2) is 35.6 Å². The molecule has 5 fully saturated rings. The summed E-state index contributed by atoms with van der Waals surface area (Å²) in [5, 5.41) is 3.79. The van der Waals surface area contributed by atoms with Crippen molar-refractivity contribution < 1.29 is 0 Å². The van der Waals surface area contributed by atoms with Crippen LogP contribution in [-0.2, 0) is 0 Å². The zero-order chi connectivity index (χ0) is 13.7. The fourth-order valence-corrected chi connectivity index (χ4v) is 6.55. The van der Waals surface area contributed by atoms with Crippen molar-refractivity contribution in [3.63, 3.8) is 0 Å². The Labute approximate surface area is 124 Å². The minimum atomic E-state index is 0.613. The Kier molecular flexibility index (Phi) is 3.38. The van der Waals surface area contributed by atoms with E-state index in [9.17, 15) is 0 Å². The van der Waals surface area contributed by atoms with Crippen LogP contribution in [0.4, 0.5) is 0 Å². The summed E-state index contributed by atoms with van der Waals surface area (Å²) in [6.45, 7) is 7.33. The molecule has 4 aliphatic carbocycles. The standard InChI is InChI=1S/C18H32N2/c1-3-4-17-12-20(13(2)11-19-17)18-8-14-5-15(9-18)7-16(6-14)10-18/h13-17,19H,3-12H2,1-2H3. The minimum Gasteiger partial charge on any atom is -0.311 e. The van der Waals surface area contributed by atoms with Crippen LogP contribution in [0.1, 0.15) is 65.2 Å². The van der Waals surface area contributed by atoms with E-state index in [4.69, 9.17) is 0 Å². The molecule has 0 radical (unpaired) electrons. The van der Waals surface area contributed by atoms with Gasteiger partial charge in [-0.15, -0.1) is 0 Å². The van der Waals surface area contributed by atoms with Crippen molar-refractivity contribution in [3.8, 4) is 0 Å². The number of hydrogen-bond acceptors (Lipinski definition) is 2. The van der Waals surface area contributed by atoms with Crippen LogP contribution in [0.25, 0.3) is 0 Å². The molecule has 1 N–H and O–H groups in total. The highest BCUT2D eigenvalue weighted by atomic mass is 15.3. The van der Waals surface area contributed by atoms with Gasteiger partial charge in [0, 0.05) is 30.7 Å². The third-order valence-corrected chi connectivity index (χ3v) is 6.90. The number of nitrogens with zero attached hydrogens (tertiary/aromatic N) is 1. The monoisotopic (exact) mass is 276 g/mol. The second-order valence-corrected chi connectivity index (χ2v) is 8.54. The van der Waals surface area contributed by atoms with Gasteiger partial charge in [-0.2, -0.15) is 0 Å². The fraction of sp³-hybridized carbons (Fsp3) is 1.00. The molecule has 4 bridgehead atoms. The summed E-state index contributed by atoms with van der Waals surface area (Å²) in [5.41, 5.74) is 0.613. The summed E-state index contributed by atoms with van der Waals surface area (Å²) < 4.78 is 0. The van der Waals surface area contributed by atoms with E-state index in [1.165, 1.54) is 45.2 Å².